The van der Waals surface area contributed by atoms with Crippen molar-refractivity contribution in [2.24, 2.45) is 0 Å². The third-order valence-electron chi connectivity index (χ3n) is 2.71. The maximum atomic E-state index is 13.8. The number of nitrogens with one attached hydrogen (secondary N) is 1. The van der Waals surface area contributed by atoms with E-state index in [4.69, 9.17) is 0 Å². The van der Waals surface area contributed by atoms with Gasteiger partial charge < -0.3 is 5.32 Å². The molecular formula is C13H12Br2FNS. The Kier molecular flexibility index (Phi) is 4.95. The summed E-state index contributed by atoms with van der Waals surface area (Å²) in [6, 6.07) is 7.10. The quantitative estimate of drug-likeness (QED) is 0.778. The van der Waals surface area contributed by atoms with Crippen molar-refractivity contribution in [1.29, 1.82) is 0 Å². The molecule has 2 aromatic rings. The van der Waals surface area contributed by atoms with E-state index in [1.165, 1.54) is 10.9 Å². The zero-order valence-electron chi connectivity index (χ0n) is 9.71. The molecule has 96 valence electrons. The molecule has 0 aliphatic heterocycles. The highest BCUT2D eigenvalue weighted by Gasteiger charge is 2.15. The van der Waals surface area contributed by atoms with Crippen LogP contribution in [-0.2, 0) is 6.42 Å². The first kappa shape index (κ1) is 14.2. The average molecular weight is 393 g/mol. The summed E-state index contributed by atoms with van der Waals surface area (Å²) >= 11 is 8.50. The van der Waals surface area contributed by atoms with Gasteiger partial charge in [-0.1, -0.05) is 15.9 Å². The molecule has 0 saturated carbocycles. The average Bonchev–Trinajstić information content (AvgIpc) is 2.75. The first-order valence-electron chi connectivity index (χ1n) is 5.45. The van der Waals surface area contributed by atoms with Crippen LogP contribution in [-0.4, -0.2) is 7.05 Å². The third-order valence-corrected chi connectivity index (χ3v) is 4.92. The van der Waals surface area contributed by atoms with Gasteiger partial charge >= 0.3 is 0 Å². The lowest BCUT2D eigenvalue weighted by molar-refractivity contribution is 0.536. The molecule has 18 heavy (non-hydrogen) atoms. The second kappa shape index (κ2) is 6.28. The van der Waals surface area contributed by atoms with Crippen LogP contribution in [0.25, 0.3) is 0 Å². The van der Waals surface area contributed by atoms with E-state index >= 15 is 0 Å². The molecule has 0 fully saturated rings. The number of halogens is 3. The Balaban J connectivity index is 2.25. The maximum absolute atomic E-state index is 13.8. The van der Waals surface area contributed by atoms with E-state index in [2.05, 4.69) is 43.2 Å². The molecule has 0 spiro atoms. The fourth-order valence-electron chi connectivity index (χ4n) is 1.81. The Labute approximate surface area is 127 Å². The minimum absolute atomic E-state index is 0.0203. The summed E-state index contributed by atoms with van der Waals surface area (Å²) in [4.78, 5) is 1.22. The molecule has 0 bridgehead atoms. The van der Waals surface area contributed by atoms with Crippen molar-refractivity contribution in [3.63, 3.8) is 0 Å². The predicted octanol–water partition coefficient (Wildman–Crippen LogP) is 4.92. The number of likely N-dealkylation sites (N-methyl/N-ethyl adjacent to an activating group) is 1. The molecule has 0 saturated heterocycles. The van der Waals surface area contributed by atoms with Gasteiger partial charge in [-0.15, -0.1) is 11.3 Å². The van der Waals surface area contributed by atoms with Gasteiger partial charge in [0.15, 0.2) is 0 Å². The first-order chi connectivity index (χ1) is 8.60. The van der Waals surface area contributed by atoms with Crippen molar-refractivity contribution in [1.82, 2.24) is 5.32 Å². The molecule has 1 nitrogen and oxygen atoms in total. The summed E-state index contributed by atoms with van der Waals surface area (Å²) in [7, 11) is 1.85. The summed E-state index contributed by atoms with van der Waals surface area (Å²) in [5, 5.41) is 5.22. The van der Waals surface area contributed by atoms with Crippen molar-refractivity contribution < 1.29 is 4.39 Å². The van der Waals surface area contributed by atoms with Crippen molar-refractivity contribution >= 4 is 43.2 Å². The normalized spacial score (nSPS) is 12.7. The van der Waals surface area contributed by atoms with E-state index in [9.17, 15) is 4.39 Å². The van der Waals surface area contributed by atoms with Gasteiger partial charge in [0, 0.05) is 37.2 Å². The molecule has 2 rings (SSSR count). The number of hydrogen-bond donors (Lipinski definition) is 1. The smallest absolute Gasteiger partial charge is 0.128 e. The number of benzene rings is 1. The molecule has 1 N–H and O–H groups in total. The number of hydrogen-bond acceptors (Lipinski definition) is 2. The van der Waals surface area contributed by atoms with E-state index in [0.717, 1.165) is 15.4 Å². The molecular weight excluding hydrogens is 381 g/mol. The summed E-state index contributed by atoms with van der Waals surface area (Å²) in [6.45, 7) is 0. The van der Waals surface area contributed by atoms with Crippen molar-refractivity contribution in [3.8, 4) is 0 Å². The van der Waals surface area contributed by atoms with Gasteiger partial charge in [0.2, 0.25) is 0 Å². The zero-order valence-corrected chi connectivity index (χ0v) is 13.7. The minimum atomic E-state index is -0.173. The Morgan fingerprint density at radius 2 is 2.06 bits per heavy atom. The monoisotopic (exact) mass is 391 g/mol. The van der Waals surface area contributed by atoms with E-state index < -0.39 is 0 Å². The van der Waals surface area contributed by atoms with Crippen molar-refractivity contribution in [3.05, 3.63) is 54.8 Å². The molecule has 0 aliphatic carbocycles. The predicted molar refractivity (Wildman–Crippen MR) is 81.6 cm³/mol. The third kappa shape index (κ3) is 3.41. The van der Waals surface area contributed by atoms with Gasteiger partial charge in [-0.25, -0.2) is 4.39 Å². The van der Waals surface area contributed by atoms with Gasteiger partial charge in [-0.3, -0.25) is 0 Å². The summed E-state index contributed by atoms with van der Waals surface area (Å²) in [5.41, 5.74) is 0.691. The molecule has 1 heterocycles. The van der Waals surface area contributed by atoms with E-state index in [-0.39, 0.29) is 11.9 Å². The molecule has 0 aliphatic rings. The van der Waals surface area contributed by atoms with Crippen LogP contribution in [0.3, 0.4) is 0 Å². The molecule has 1 aromatic carbocycles. The lowest BCUT2D eigenvalue weighted by Crippen LogP contribution is -2.19. The first-order valence-corrected chi connectivity index (χ1v) is 7.92. The van der Waals surface area contributed by atoms with Crippen molar-refractivity contribution in [2.75, 3.05) is 7.05 Å². The lowest BCUT2D eigenvalue weighted by Gasteiger charge is -2.17. The molecule has 1 aromatic heterocycles. The summed E-state index contributed by atoms with van der Waals surface area (Å²) < 4.78 is 15.8. The Hall–Kier alpha value is -0.230. The zero-order chi connectivity index (χ0) is 13.1. The van der Waals surface area contributed by atoms with Crippen LogP contribution >= 0.6 is 43.2 Å². The molecule has 0 amide bonds. The minimum Gasteiger partial charge on any atom is -0.313 e. The maximum Gasteiger partial charge on any atom is 0.128 e. The fourth-order valence-corrected chi connectivity index (χ4v) is 3.69. The van der Waals surface area contributed by atoms with Gasteiger partial charge in [0.25, 0.3) is 0 Å². The Morgan fingerprint density at radius 3 is 2.67 bits per heavy atom. The Morgan fingerprint density at radius 1 is 1.28 bits per heavy atom. The molecule has 0 radical (unpaired) electrons. The number of rotatable bonds is 4. The molecule has 1 atom stereocenters. The second-order valence-electron chi connectivity index (χ2n) is 3.94. The SMILES string of the molecule is CNC(Cc1cc(Br)cs1)c1cc(Br)ccc1F. The number of thiophene rings is 1. The summed E-state index contributed by atoms with van der Waals surface area (Å²) in [6.07, 6.45) is 0.778. The van der Waals surface area contributed by atoms with E-state index in [1.54, 1.807) is 17.4 Å². The largest absolute Gasteiger partial charge is 0.313 e. The lowest BCUT2D eigenvalue weighted by atomic mass is 10.0. The highest BCUT2D eigenvalue weighted by atomic mass is 79.9. The van der Waals surface area contributed by atoms with Crippen LogP contribution in [0.15, 0.2) is 38.6 Å². The van der Waals surface area contributed by atoms with E-state index in [0.29, 0.717) is 5.56 Å². The van der Waals surface area contributed by atoms with Gasteiger partial charge in [0.05, 0.1) is 0 Å². The summed E-state index contributed by atoms with van der Waals surface area (Å²) in [5.74, 6) is -0.173. The Bertz CT molecular complexity index is 542. The van der Waals surface area contributed by atoms with Crippen LogP contribution in [0.4, 0.5) is 4.39 Å². The second-order valence-corrected chi connectivity index (χ2v) is 6.77. The standard InChI is InChI=1S/C13H12Br2FNS/c1-17-13(6-10-4-9(15)7-18-10)11-5-8(14)2-3-12(11)16/h2-5,7,13,17H,6H2,1H3. The van der Waals surface area contributed by atoms with Crippen LogP contribution in [0, 0.1) is 5.82 Å². The van der Waals surface area contributed by atoms with Crippen LogP contribution < -0.4 is 5.32 Å². The van der Waals surface area contributed by atoms with Gasteiger partial charge in [0.1, 0.15) is 5.82 Å². The van der Waals surface area contributed by atoms with Gasteiger partial charge in [-0.05, 0) is 47.2 Å². The topological polar surface area (TPSA) is 12.0 Å². The van der Waals surface area contributed by atoms with Crippen LogP contribution in [0.2, 0.25) is 0 Å². The van der Waals surface area contributed by atoms with Crippen LogP contribution in [0.1, 0.15) is 16.5 Å². The van der Waals surface area contributed by atoms with Crippen molar-refractivity contribution in [2.45, 2.75) is 12.5 Å². The highest BCUT2D eigenvalue weighted by Crippen LogP contribution is 2.28. The molecule has 1 unspecified atom stereocenters. The van der Waals surface area contributed by atoms with E-state index in [1.807, 2.05) is 18.5 Å². The molecule has 5 heteroatoms. The van der Waals surface area contributed by atoms with Crippen LogP contribution in [0.5, 0.6) is 0 Å². The highest BCUT2D eigenvalue weighted by molar-refractivity contribution is 9.10. The van der Waals surface area contributed by atoms with Gasteiger partial charge in [-0.2, -0.15) is 0 Å². The fraction of sp³-hybridized carbons (Fsp3) is 0.231.